The van der Waals surface area contributed by atoms with Crippen molar-refractivity contribution in [1.82, 2.24) is 0 Å². The molecule has 1 amide bonds. The molecule has 6 heteroatoms. The minimum absolute atomic E-state index is 0.449. The quantitative estimate of drug-likeness (QED) is 0.442. The van der Waals surface area contributed by atoms with E-state index < -0.39 is 5.91 Å². The SMILES string of the molecule is COCCOCCCCNc1cc(C(N)=O)ccc1N. The number of anilines is 2. The van der Waals surface area contributed by atoms with Gasteiger partial charge in [0.05, 0.1) is 24.6 Å². The van der Waals surface area contributed by atoms with Crippen molar-refractivity contribution in [2.45, 2.75) is 12.8 Å². The summed E-state index contributed by atoms with van der Waals surface area (Å²) in [5, 5.41) is 3.20. The van der Waals surface area contributed by atoms with E-state index in [4.69, 9.17) is 20.9 Å². The van der Waals surface area contributed by atoms with Gasteiger partial charge in [0.2, 0.25) is 5.91 Å². The molecule has 0 radical (unpaired) electrons. The summed E-state index contributed by atoms with van der Waals surface area (Å²) in [5.41, 5.74) is 12.9. The summed E-state index contributed by atoms with van der Waals surface area (Å²) in [5.74, 6) is -0.459. The maximum Gasteiger partial charge on any atom is 0.248 e. The van der Waals surface area contributed by atoms with E-state index in [0.717, 1.165) is 25.1 Å². The highest BCUT2D eigenvalue weighted by Crippen LogP contribution is 2.19. The van der Waals surface area contributed by atoms with Crippen molar-refractivity contribution in [2.24, 2.45) is 5.73 Å². The molecule has 0 aliphatic heterocycles. The van der Waals surface area contributed by atoms with Crippen molar-refractivity contribution in [3.8, 4) is 0 Å². The molecule has 0 unspecified atom stereocenters. The van der Waals surface area contributed by atoms with Crippen LogP contribution in [0.3, 0.4) is 0 Å². The average molecular weight is 281 g/mol. The second-order valence-electron chi connectivity index (χ2n) is 4.41. The van der Waals surface area contributed by atoms with Gasteiger partial charge in [0.25, 0.3) is 0 Å². The van der Waals surface area contributed by atoms with Gasteiger partial charge >= 0.3 is 0 Å². The number of nitrogens with one attached hydrogen (secondary N) is 1. The Morgan fingerprint density at radius 3 is 2.75 bits per heavy atom. The first-order valence-corrected chi connectivity index (χ1v) is 6.65. The summed E-state index contributed by atoms with van der Waals surface area (Å²) in [4.78, 5) is 11.1. The van der Waals surface area contributed by atoms with Crippen molar-refractivity contribution >= 4 is 17.3 Å². The summed E-state index contributed by atoms with van der Waals surface area (Å²) in [6.07, 6.45) is 1.90. The van der Waals surface area contributed by atoms with Gasteiger partial charge in [-0.2, -0.15) is 0 Å². The lowest BCUT2D eigenvalue weighted by Crippen LogP contribution is -2.12. The number of primary amides is 1. The van der Waals surface area contributed by atoms with Gasteiger partial charge in [-0.15, -0.1) is 0 Å². The molecule has 0 bridgehead atoms. The summed E-state index contributed by atoms with van der Waals surface area (Å²) < 4.78 is 10.2. The fourth-order valence-corrected chi connectivity index (χ4v) is 1.66. The van der Waals surface area contributed by atoms with E-state index in [0.29, 0.717) is 31.1 Å². The molecular weight excluding hydrogens is 258 g/mol. The van der Waals surface area contributed by atoms with Gasteiger partial charge < -0.3 is 26.3 Å². The van der Waals surface area contributed by atoms with Crippen LogP contribution in [0, 0.1) is 0 Å². The number of carbonyl (C=O) groups is 1. The van der Waals surface area contributed by atoms with E-state index in [2.05, 4.69) is 5.32 Å². The number of nitrogens with two attached hydrogens (primary N) is 2. The van der Waals surface area contributed by atoms with Crippen LogP contribution in [0.4, 0.5) is 11.4 Å². The van der Waals surface area contributed by atoms with Crippen LogP contribution >= 0.6 is 0 Å². The molecule has 0 aliphatic rings. The van der Waals surface area contributed by atoms with Crippen molar-refractivity contribution in [3.05, 3.63) is 23.8 Å². The normalized spacial score (nSPS) is 10.4. The van der Waals surface area contributed by atoms with E-state index in [9.17, 15) is 4.79 Å². The number of methoxy groups -OCH3 is 1. The first kappa shape index (κ1) is 16.3. The number of amides is 1. The van der Waals surface area contributed by atoms with Crippen LogP contribution in [0.2, 0.25) is 0 Å². The fraction of sp³-hybridized carbons (Fsp3) is 0.500. The van der Waals surface area contributed by atoms with E-state index in [1.807, 2.05) is 0 Å². The number of hydrogen-bond donors (Lipinski definition) is 3. The summed E-state index contributed by atoms with van der Waals surface area (Å²) >= 11 is 0. The third-order valence-corrected chi connectivity index (χ3v) is 2.80. The molecule has 0 spiro atoms. The summed E-state index contributed by atoms with van der Waals surface area (Å²) in [6.45, 7) is 2.72. The molecule has 1 aromatic rings. The first-order chi connectivity index (χ1) is 9.65. The molecule has 0 heterocycles. The number of rotatable bonds is 10. The van der Waals surface area contributed by atoms with Gasteiger partial charge in [0.1, 0.15) is 0 Å². The summed E-state index contributed by atoms with van der Waals surface area (Å²) in [7, 11) is 1.65. The van der Waals surface area contributed by atoms with Gasteiger partial charge in [-0.1, -0.05) is 0 Å². The lowest BCUT2D eigenvalue weighted by Gasteiger charge is -2.10. The Morgan fingerprint density at radius 2 is 2.05 bits per heavy atom. The number of ether oxygens (including phenoxy) is 2. The maximum atomic E-state index is 11.1. The predicted molar refractivity (Wildman–Crippen MR) is 79.8 cm³/mol. The number of nitrogen functional groups attached to an aromatic ring is 1. The average Bonchev–Trinajstić information content (AvgIpc) is 2.43. The van der Waals surface area contributed by atoms with Crippen LogP contribution in [0.15, 0.2) is 18.2 Å². The molecule has 1 rings (SSSR count). The highest BCUT2D eigenvalue weighted by molar-refractivity contribution is 5.94. The monoisotopic (exact) mass is 281 g/mol. The summed E-state index contributed by atoms with van der Waals surface area (Å²) in [6, 6.07) is 4.97. The largest absolute Gasteiger partial charge is 0.397 e. The second-order valence-corrected chi connectivity index (χ2v) is 4.41. The zero-order chi connectivity index (χ0) is 14.8. The molecule has 20 heavy (non-hydrogen) atoms. The van der Waals surface area contributed by atoms with E-state index >= 15 is 0 Å². The van der Waals surface area contributed by atoms with Gasteiger partial charge in [-0.25, -0.2) is 0 Å². The Kier molecular flexibility index (Phi) is 7.46. The fourth-order valence-electron chi connectivity index (χ4n) is 1.66. The Bertz CT molecular complexity index is 424. The third-order valence-electron chi connectivity index (χ3n) is 2.80. The zero-order valence-corrected chi connectivity index (χ0v) is 11.9. The van der Waals surface area contributed by atoms with Crippen LogP contribution in [0.1, 0.15) is 23.2 Å². The van der Waals surface area contributed by atoms with Gasteiger partial charge in [-0.3, -0.25) is 4.79 Å². The topological polar surface area (TPSA) is 99.6 Å². The highest BCUT2D eigenvalue weighted by Gasteiger charge is 2.04. The molecule has 0 aliphatic carbocycles. The minimum Gasteiger partial charge on any atom is -0.397 e. The second kappa shape index (κ2) is 9.17. The van der Waals surface area contributed by atoms with Crippen molar-refractivity contribution in [1.29, 1.82) is 0 Å². The zero-order valence-electron chi connectivity index (χ0n) is 11.9. The molecule has 112 valence electrons. The van der Waals surface area contributed by atoms with Crippen LogP contribution in [-0.4, -0.2) is 39.4 Å². The van der Waals surface area contributed by atoms with Crippen molar-refractivity contribution in [2.75, 3.05) is 44.5 Å². The molecule has 0 fully saturated rings. The van der Waals surface area contributed by atoms with Crippen LogP contribution in [0.5, 0.6) is 0 Å². The molecule has 0 saturated carbocycles. The molecular formula is C14H23N3O3. The van der Waals surface area contributed by atoms with Gasteiger partial charge in [0, 0.05) is 25.8 Å². The van der Waals surface area contributed by atoms with Crippen LogP contribution in [-0.2, 0) is 9.47 Å². The molecule has 0 aromatic heterocycles. The number of benzene rings is 1. The molecule has 6 nitrogen and oxygen atoms in total. The Morgan fingerprint density at radius 1 is 1.25 bits per heavy atom. The van der Waals surface area contributed by atoms with Crippen molar-refractivity contribution in [3.63, 3.8) is 0 Å². The molecule has 1 aromatic carbocycles. The van der Waals surface area contributed by atoms with Crippen LogP contribution < -0.4 is 16.8 Å². The van der Waals surface area contributed by atoms with E-state index in [1.54, 1.807) is 25.3 Å². The van der Waals surface area contributed by atoms with Gasteiger partial charge in [-0.05, 0) is 31.0 Å². The van der Waals surface area contributed by atoms with Crippen molar-refractivity contribution < 1.29 is 14.3 Å². The lowest BCUT2D eigenvalue weighted by molar-refractivity contribution is 0.0691. The Balaban J connectivity index is 2.24. The van der Waals surface area contributed by atoms with Crippen LogP contribution in [0.25, 0.3) is 0 Å². The lowest BCUT2D eigenvalue weighted by atomic mass is 10.1. The smallest absolute Gasteiger partial charge is 0.248 e. The number of carbonyl (C=O) groups excluding carboxylic acids is 1. The number of unbranched alkanes of at least 4 members (excludes halogenated alkanes) is 1. The molecule has 0 atom stereocenters. The third kappa shape index (κ3) is 5.90. The standard InChI is InChI=1S/C14H23N3O3/c1-19-8-9-20-7-3-2-6-17-13-10-11(14(16)18)4-5-12(13)15/h4-5,10,17H,2-3,6-9,15H2,1H3,(H2,16,18). The van der Waals surface area contributed by atoms with E-state index in [-0.39, 0.29) is 0 Å². The molecule has 5 N–H and O–H groups in total. The Labute approximate surface area is 119 Å². The predicted octanol–water partition coefficient (Wildman–Crippen LogP) is 1.22. The first-order valence-electron chi connectivity index (χ1n) is 6.65. The Hall–Kier alpha value is -1.79. The highest BCUT2D eigenvalue weighted by atomic mass is 16.5. The molecule has 0 saturated heterocycles. The minimum atomic E-state index is -0.459. The maximum absolute atomic E-state index is 11.1. The van der Waals surface area contributed by atoms with E-state index in [1.165, 1.54) is 0 Å². The van der Waals surface area contributed by atoms with Gasteiger partial charge in [0.15, 0.2) is 0 Å². The number of hydrogen-bond acceptors (Lipinski definition) is 5.